The van der Waals surface area contributed by atoms with Crippen LogP contribution in [0.1, 0.15) is 15.9 Å². The maximum Gasteiger partial charge on any atom is 0.271 e. The molecule has 2 aromatic carbocycles. The highest BCUT2D eigenvalue weighted by molar-refractivity contribution is 9.10. The van der Waals surface area contributed by atoms with Gasteiger partial charge in [-0.05, 0) is 29.8 Å². The standard InChI is InChI=1S/C16H12BrClN2O2/c17-13-7-3-1-5-11(13)9-10-15(21)19-20-16(22)12-6-2-4-8-14(12)18/h1-10H,(H,19,21)(H,20,22)/b10-9+. The highest BCUT2D eigenvalue weighted by atomic mass is 79.9. The van der Waals surface area contributed by atoms with Crippen LogP contribution in [0.25, 0.3) is 6.08 Å². The summed E-state index contributed by atoms with van der Waals surface area (Å²) in [5.41, 5.74) is 5.75. The van der Waals surface area contributed by atoms with Crippen LogP contribution in [0.15, 0.2) is 59.1 Å². The van der Waals surface area contributed by atoms with E-state index in [-0.39, 0.29) is 0 Å². The second-order valence-electron chi connectivity index (χ2n) is 4.28. The summed E-state index contributed by atoms with van der Waals surface area (Å²) in [6, 6.07) is 14.1. The zero-order chi connectivity index (χ0) is 15.9. The molecule has 0 spiro atoms. The molecule has 0 radical (unpaired) electrons. The van der Waals surface area contributed by atoms with Gasteiger partial charge in [0.05, 0.1) is 10.6 Å². The average Bonchev–Trinajstić information content (AvgIpc) is 2.52. The van der Waals surface area contributed by atoms with Crippen LogP contribution in [-0.4, -0.2) is 11.8 Å². The number of hydrogen-bond donors (Lipinski definition) is 2. The zero-order valence-corrected chi connectivity index (χ0v) is 13.7. The number of hydrogen-bond acceptors (Lipinski definition) is 2. The normalized spacial score (nSPS) is 10.5. The van der Waals surface area contributed by atoms with E-state index in [9.17, 15) is 9.59 Å². The number of benzene rings is 2. The number of carbonyl (C=O) groups excluding carboxylic acids is 2. The van der Waals surface area contributed by atoms with Crippen molar-refractivity contribution in [2.45, 2.75) is 0 Å². The summed E-state index contributed by atoms with van der Waals surface area (Å²) in [4.78, 5) is 23.5. The Morgan fingerprint density at radius 3 is 2.41 bits per heavy atom. The minimum atomic E-state index is -0.478. The van der Waals surface area contributed by atoms with Crippen LogP contribution in [-0.2, 0) is 4.79 Å². The zero-order valence-electron chi connectivity index (χ0n) is 11.3. The lowest BCUT2D eigenvalue weighted by Crippen LogP contribution is -2.40. The first-order valence-corrected chi connectivity index (χ1v) is 7.52. The van der Waals surface area contributed by atoms with Gasteiger partial charge in [0, 0.05) is 10.5 Å². The number of carbonyl (C=O) groups is 2. The lowest BCUT2D eigenvalue weighted by atomic mass is 10.2. The van der Waals surface area contributed by atoms with Gasteiger partial charge < -0.3 is 0 Å². The van der Waals surface area contributed by atoms with Gasteiger partial charge in [-0.25, -0.2) is 0 Å². The molecule has 22 heavy (non-hydrogen) atoms. The summed E-state index contributed by atoms with van der Waals surface area (Å²) >= 11 is 9.28. The fourth-order valence-electron chi connectivity index (χ4n) is 1.65. The summed E-state index contributed by atoms with van der Waals surface area (Å²) in [6.45, 7) is 0. The molecule has 2 amide bonds. The van der Waals surface area contributed by atoms with Crippen LogP contribution in [0.4, 0.5) is 0 Å². The van der Waals surface area contributed by atoms with Gasteiger partial charge in [0.1, 0.15) is 0 Å². The third-order valence-corrected chi connectivity index (χ3v) is 3.79. The van der Waals surface area contributed by atoms with E-state index in [2.05, 4.69) is 26.8 Å². The summed E-state index contributed by atoms with van der Waals surface area (Å²) in [5.74, 6) is -0.926. The molecule has 0 unspecified atom stereocenters. The van der Waals surface area contributed by atoms with Crippen molar-refractivity contribution in [3.63, 3.8) is 0 Å². The maximum atomic E-state index is 11.9. The average molecular weight is 380 g/mol. The molecule has 0 fully saturated rings. The minimum Gasteiger partial charge on any atom is -0.268 e. The molecular formula is C16H12BrClN2O2. The highest BCUT2D eigenvalue weighted by Gasteiger charge is 2.09. The molecule has 0 bridgehead atoms. The number of rotatable bonds is 3. The van der Waals surface area contributed by atoms with Crippen molar-refractivity contribution in [1.82, 2.24) is 10.9 Å². The van der Waals surface area contributed by atoms with Crippen LogP contribution >= 0.6 is 27.5 Å². The molecule has 2 rings (SSSR count). The lowest BCUT2D eigenvalue weighted by molar-refractivity contribution is -0.117. The molecule has 2 aromatic rings. The molecule has 0 aromatic heterocycles. The molecule has 112 valence electrons. The molecular weight excluding hydrogens is 368 g/mol. The summed E-state index contributed by atoms with van der Waals surface area (Å²) in [5, 5.41) is 0.318. The van der Waals surface area contributed by atoms with Gasteiger partial charge in [0.15, 0.2) is 0 Å². The first-order valence-electron chi connectivity index (χ1n) is 6.35. The Bertz CT molecular complexity index is 732. The molecule has 0 aliphatic rings. The molecule has 2 N–H and O–H groups in total. The van der Waals surface area contributed by atoms with Crippen molar-refractivity contribution in [3.05, 3.63) is 75.2 Å². The van der Waals surface area contributed by atoms with Crippen LogP contribution in [0.3, 0.4) is 0 Å². The Kier molecular flexibility index (Phi) is 5.75. The first kappa shape index (κ1) is 16.3. The Morgan fingerprint density at radius 1 is 1.00 bits per heavy atom. The quantitative estimate of drug-likeness (QED) is 0.632. The van der Waals surface area contributed by atoms with Crippen molar-refractivity contribution in [2.24, 2.45) is 0 Å². The molecule has 0 saturated heterocycles. The lowest BCUT2D eigenvalue weighted by Gasteiger charge is -2.06. The molecule has 4 nitrogen and oxygen atoms in total. The number of nitrogens with one attached hydrogen (secondary N) is 2. The topological polar surface area (TPSA) is 58.2 Å². The smallest absolute Gasteiger partial charge is 0.268 e. The van der Waals surface area contributed by atoms with E-state index in [1.165, 1.54) is 6.08 Å². The van der Waals surface area contributed by atoms with Crippen molar-refractivity contribution < 1.29 is 9.59 Å². The monoisotopic (exact) mass is 378 g/mol. The van der Waals surface area contributed by atoms with Gasteiger partial charge in [-0.2, -0.15) is 0 Å². The first-order chi connectivity index (χ1) is 10.6. The molecule has 6 heteroatoms. The van der Waals surface area contributed by atoms with Crippen LogP contribution in [0, 0.1) is 0 Å². The van der Waals surface area contributed by atoms with Crippen molar-refractivity contribution in [1.29, 1.82) is 0 Å². The van der Waals surface area contributed by atoms with E-state index in [0.29, 0.717) is 10.6 Å². The second kappa shape index (κ2) is 7.77. The van der Waals surface area contributed by atoms with E-state index in [4.69, 9.17) is 11.6 Å². The third-order valence-electron chi connectivity index (χ3n) is 2.74. The Hall–Kier alpha value is -2.11. The fourth-order valence-corrected chi connectivity index (χ4v) is 2.29. The van der Waals surface area contributed by atoms with Crippen molar-refractivity contribution in [2.75, 3.05) is 0 Å². The summed E-state index contributed by atoms with van der Waals surface area (Å²) < 4.78 is 0.874. The number of halogens is 2. The van der Waals surface area contributed by atoms with Crippen LogP contribution in [0.5, 0.6) is 0 Å². The van der Waals surface area contributed by atoms with E-state index in [1.54, 1.807) is 30.3 Å². The predicted molar refractivity (Wildman–Crippen MR) is 90.2 cm³/mol. The number of amides is 2. The summed E-state index contributed by atoms with van der Waals surface area (Å²) in [7, 11) is 0. The Labute approximate surface area is 141 Å². The van der Waals surface area contributed by atoms with Gasteiger partial charge in [0.2, 0.25) is 0 Å². The SMILES string of the molecule is O=C(/C=C/c1ccccc1Br)NNC(=O)c1ccccc1Cl. The van der Waals surface area contributed by atoms with Crippen molar-refractivity contribution >= 4 is 45.4 Å². The predicted octanol–water partition coefficient (Wildman–Crippen LogP) is 3.58. The van der Waals surface area contributed by atoms with Crippen molar-refractivity contribution in [3.8, 4) is 0 Å². The van der Waals surface area contributed by atoms with E-state index in [1.807, 2.05) is 24.3 Å². The molecule has 0 atom stereocenters. The van der Waals surface area contributed by atoms with Gasteiger partial charge in [-0.3, -0.25) is 20.4 Å². The minimum absolute atomic E-state index is 0.291. The molecule has 0 aliphatic carbocycles. The van der Waals surface area contributed by atoms with Gasteiger partial charge in [-0.1, -0.05) is 57.9 Å². The van der Waals surface area contributed by atoms with Gasteiger partial charge >= 0.3 is 0 Å². The highest BCUT2D eigenvalue weighted by Crippen LogP contribution is 2.17. The third kappa shape index (κ3) is 4.44. The van der Waals surface area contributed by atoms with E-state index < -0.39 is 11.8 Å². The molecule has 0 saturated carbocycles. The van der Waals surface area contributed by atoms with E-state index >= 15 is 0 Å². The molecule has 0 aliphatic heterocycles. The largest absolute Gasteiger partial charge is 0.271 e. The van der Waals surface area contributed by atoms with Crippen LogP contribution < -0.4 is 10.9 Å². The van der Waals surface area contributed by atoms with Gasteiger partial charge in [0.25, 0.3) is 11.8 Å². The fraction of sp³-hybridized carbons (Fsp3) is 0. The Balaban J connectivity index is 1.92. The van der Waals surface area contributed by atoms with Gasteiger partial charge in [-0.15, -0.1) is 0 Å². The molecule has 0 heterocycles. The second-order valence-corrected chi connectivity index (χ2v) is 5.54. The number of hydrazine groups is 1. The maximum absolute atomic E-state index is 11.9. The Morgan fingerprint density at radius 2 is 1.68 bits per heavy atom. The van der Waals surface area contributed by atoms with Crippen LogP contribution in [0.2, 0.25) is 5.02 Å². The van der Waals surface area contributed by atoms with E-state index in [0.717, 1.165) is 10.0 Å². The summed E-state index contributed by atoms with van der Waals surface area (Å²) in [6.07, 6.45) is 2.97.